The van der Waals surface area contributed by atoms with Gasteiger partial charge in [0, 0.05) is 29.1 Å². The molecule has 0 spiro atoms. The number of hydrogen-bond acceptors (Lipinski definition) is 6. The molecule has 0 bridgehead atoms. The SMILES string of the molecule is CC[C@@]1(O)CC(=O)OCc2c1cc1n(c2=O)Cc2c-1nc1cc(Cl)c(C)cc1c2CN1CCC(C)C1. The van der Waals surface area contributed by atoms with Crippen molar-refractivity contribution in [3.8, 4) is 11.4 Å². The molecule has 1 N–H and O–H groups in total. The molecule has 0 saturated carbocycles. The fraction of sp³-hybridized carbons (Fsp3) is 0.464. The zero-order chi connectivity index (χ0) is 25.4. The molecular weight excluding hydrogens is 478 g/mol. The van der Waals surface area contributed by atoms with Crippen molar-refractivity contribution in [1.29, 1.82) is 0 Å². The predicted molar refractivity (Wildman–Crippen MR) is 138 cm³/mol. The maximum Gasteiger partial charge on any atom is 0.309 e. The number of hydrogen-bond donors (Lipinski definition) is 1. The van der Waals surface area contributed by atoms with Gasteiger partial charge in [-0.15, -0.1) is 0 Å². The zero-order valence-corrected chi connectivity index (χ0v) is 21.6. The fourth-order valence-electron chi connectivity index (χ4n) is 6.06. The summed E-state index contributed by atoms with van der Waals surface area (Å²) in [6.07, 6.45) is 1.30. The first-order valence-corrected chi connectivity index (χ1v) is 13.1. The number of ether oxygens (including phenoxy) is 1. The Kier molecular flexibility index (Phi) is 5.52. The third-order valence-corrected chi connectivity index (χ3v) is 8.64. The van der Waals surface area contributed by atoms with Gasteiger partial charge in [0.05, 0.1) is 35.4 Å². The van der Waals surface area contributed by atoms with Crippen LogP contribution in [0.3, 0.4) is 0 Å². The van der Waals surface area contributed by atoms with E-state index in [0.29, 0.717) is 40.7 Å². The van der Waals surface area contributed by atoms with Crippen LogP contribution in [0.15, 0.2) is 23.0 Å². The van der Waals surface area contributed by atoms with E-state index in [1.807, 2.05) is 26.0 Å². The van der Waals surface area contributed by atoms with Crippen LogP contribution in [0.1, 0.15) is 60.9 Å². The van der Waals surface area contributed by atoms with Crippen molar-refractivity contribution in [3.05, 3.63) is 61.4 Å². The number of fused-ring (bicyclic) bond motifs is 5. The number of likely N-dealkylation sites (tertiary alicyclic amines) is 1. The molecule has 3 aromatic rings. The number of aliphatic hydroxyl groups is 1. The highest BCUT2D eigenvalue weighted by Crippen LogP contribution is 2.41. The molecule has 1 saturated heterocycles. The van der Waals surface area contributed by atoms with Crippen LogP contribution in [0.5, 0.6) is 0 Å². The van der Waals surface area contributed by atoms with Gasteiger partial charge in [0.25, 0.3) is 5.56 Å². The Morgan fingerprint density at radius 2 is 2.06 bits per heavy atom. The van der Waals surface area contributed by atoms with Crippen LogP contribution in [0.25, 0.3) is 22.3 Å². The van der Waals surface area contributed by atoms with Gasteiger partial charge < -0.3 is 14.4 Å². The second kappa shape index (κ2) is 8.40. The minimum absolute atomic E-state index is 0.130. The largest absolute Gasteiger partial charge is 0.460 e. The highest BCUT2D eigenvalue weighted by molar-refractivity contribution is 6.32. The molecule has 2 atom stereocenters. The standard InChI is InChI=1S/C28H30ClN3O4/c1-4-28(35)10-25(33)36-14-20-21(28)8-24-26-19(13-32(24)27(20)34)18(12-31-6-5-15(2)11-31)17-7-16(3)22(29)9-23(17)30-26/h7-9,15,35H,4-6,10-14H2,1-3H3/t15?,28-/m1/s1. The van der Waals surface area contributed by atoms with Crippen LogP contribution >= 0.6 is 11.6 Å². The maximum absolute atomic E-state index is 13.7. The maximum atomic E-state index is 13.7. The van der Waals surface area contributed by atoms with E-state index in [0.717, 1.165) is 47.4 Å². The molecule has 5 heterocycles. The van der Waals surface area contributed by atoms with E-state index in [1.54, 1.807) is 4.57 Å². The van der Waals surface area contributed by atoms with Crippen LogP contribution in [0.2, 0.25) is 5.02 Å². The molecule has 6 rings (SSSR count). The Balaban J connectivity index is 1.59. The number of rotatable bonds is 3. The number of esters is 1. The number of nitrogens with zero attached hydrogens (tertiary/aromatic N) is 3. The molecule has 0 amide bonds. The Bertz CT molecular complexity index is 1500. The van der Waals surface area contributed by atoms with Gasteiger partial charge in [0.15, 0.2) is 0 Å². The zero-order valence-electron chi connectivity index (χ0n) is 20.9. The summed E-state index contributed by atoms with van der Waals surface area (Å²) in [5, 5.41) is 13.1. The Hall–Kier alpha value is -2.74. The van der Waals surface area contributed by atoms with Crippen LogP contribution < -0.4 is 5.56 Å². The van der Waals surface area contributed by atoms with Crippen LogP contribution in [-0.2, 0) is 34.8 Å². The molecule has 1 aromatic carbocycles. The van der Waals surface area contributed by atoms with E-state index >= 15 is 0 Å². The predicted octanol–water partition coefficient (Wildman–Crippen LogP) is 4.27. The number of halogens is 1. The summed E-state index contributed by atoms with van der Waals surface area (Å²) in [5.41, 5.74) is 4.57. The Morgan fingerprint density at radius 1 is 1.25 bits per heavy atom. The summed E-state index contributed by atoms with van der Waals surface area (Å²) >= 11 is 6.50. The molecule has 3 aliphatic rings. The molecule has 3 aliphatic heterocycles. The highest BCUT2D eigenvalue weighted by atomic mass is 35.5. The van der Waals surface area contributed by atoms with Gasteiger partial charge in [0.1, 0.15) is 12.2 Å². The Labute approximate surface area is 214 Å². The molecule has 7 nitrogen and oxygen atoms in total. The van der Waals surface area contributed by atoms with Gasteiger partial charge in [0.2, 0.25) is 0 Å². The summed E-state index contributed by atoms with van der Waals surface area (Å²) in [7, 11) is 0. The van der Waals surface area contributed by atoms with Gasteiger partial charge >= 0.3 is 5.97 Å². The van der Waals surface area contributed by atoms with Crippen LogP contribution in [0, 0.1) is 12.8 Å². The average Bonchev–Trinajstić information content (AvgIpc) is 3.38. The molecule has 1 fully saturated rings. The molecule has 0 radical (unpaired) electrons. The summed E-state index contributed by atoms with van der Waals surface area (Å²) in [6, 6.07) is 5.86. The van der Waals surface area contributed by atoms with Crippen LogP contribution in [-0.4, -0.2) is 38.6 Å². The highest BCUT2D eigenvalue weighted by Gasteiger charge is 2.40. The summed E-state index contributed by atoms with van der Waals surface area (Å²) in [4.78, 5) is 33.4. The number of cyclic esters (lactones) is 1. The van der Waals surface area contributed by atoms with E-state index in [2.05, 4.69) is 17.9 Å². The second-order valence-corrected chi connectivity index (χ2v) is 11.1. The summed E-state index contributed by atoms with van der Waals surface area (Å²) < 4.78 is 7.02. The van der Waals surface area contributed by atoms with Crippen molar-refractivity contribution >= 4 is 28.5 Å². The number of carbonyl (C=O) groups excluding carboxylic acids is 1. The smallest absolute Gasteiger partial charge is 0.309 e. The van der Waals surface area contributed by atoms with Crippen molar-refractivity contribution in [2.24, 2.45) is 5.92 Å². The number of aryl methyl sites for hydroxylation is 1. The fourth-order valence-corrected chi connectivity index (χ4v) is 6.22. The summed E-state index contributed by atoms with van der Waals surface area (Å²) in [6.45, 7) is 9.23. The van der Waals surface area contributed by atoms with E-state index in [9.17, 15) is 14.7 Å². The van der Waals surface area contributed by atoms with Crippen molar-refractivity contribution < 1.29 is 14.6 Å². The first kappa shape index (κ1) is 23.6. The lowest BCUT2D eigenvalue weighted by Gasteiger charge is -2.26. The van der Waals surface area contributed by atoms with Gasteiger partial charge in [-0.3, -0.25) is 14.5 Å². The quantitative estimate of drug-likeness (QED) is 0.417. The number of benzene rings is 1. The van der Waals surface area contributed by atoms with E-state index in [4.69, 9.17) is 21.3 Å². The first-order chi connectivity index (χ1) is 17.2. The molecule has 1 unspecified atom stereocenters. The molecule has 188 valence electrons. The van der Waals surface area contributed by atoms with E-state index < -0.39 is 11.6 Å². The van der Waals surface area contributed by atoms with Crippen molar-refractivity contribution in [2.45, 2.75) is 65.3 Å². The van der Waals surface area contributed by atoms with Gasteiger partial charge in [-0.25, -0.2) is 4.98 Å². The van der Waals surface area contributed by atoms with Crippen molar-refractivity contribution in [3.63, 3.8) is 0 Å². The van der Waals surface area contributed by atoms with Gasteiger partial charge in [-0.1, -0.05) is 25.4 Å². The van der Waals surface area contributed by atoms with Gasteiger partial charge in [-0.05, 0) is 67.1 Å². The average molecular weight is 508 g/mol. The normalized spacial score (nSPS) is 23.4. The van der Waals surface area contributed by atoms with Crippen molar-refractivity contribution in [2.75, 3.05) is 13.1 Å². The molecular formula is C28H30ClN3O4. The minimum atomic E-state index is -1.45. The lowest BCUT2D eigenvalue weighted by Crippen LogP contribution is -2.32. The summed E-state index contributed by atoms with van der Waals surface area (Å²) in [5.74, 6) is 0.156. The number of aromatic nitrogens is 2. The van der Waals surface area contributed by atoms with Gasteiger partial charge in [-0.2, -0.15) is 0 Å². The Morgan fingerprint density at radius 3 is 2.78 bits per heavy atom. The third kappa shape index (κ3) is 3.59. The first-order valence-electron chi connectivity index (χ1n) is 12.7. The lowest BCUT2D eigenvalue weighted by molar-refractivity contribution is -0.149. The van der Waals surface area contributed by atoms with Crippen molar-refractivity contribution in [1.82, 2.24) is 14.5 Å². The van der Waals surface area contributed by atoms with E-state index in [1.165, 1.54) is 12.0 Å². The minimum Gasteiger partial charge on any atom is -0.460 e. The molecule has 2 aromatic heterocycles. The third-order valence-electron chi connectivity index (χ3n) is 8.23. The molecule has 8 heteroatoms. The molecule has 0 aliphatic carbocycles. The number of carbonyl (C=O) groups is 1. The second-order valence-electron chi connectivity index (χ2n) is 10.7. The monoisotopic (exact) mass is 507 g/mol. The molecule has 36 heavy (non-hydrogen) atoms. The number of pyridine rings is 2. The lowest BCUT2D eigenvalue weighted by atomic mass is 9.85. The van der Waals surface area contributed by atoms with E-state index in [-0.39, 0.29) is 18.6 Å². The topological polar surface area (TPSA) is 84.7 Å². The van der Waals surface area contributed by atoms with Crippen LogP contribution in [0.4, 0.5) is 0 Å².